The molecule has 26 heavy (non-hydrogen) atoms. The van der Waals surface area contributed by atoms with Crippen LogP contribution in [0.15, 0.2) is 12.1 Å². The summed E-state index contributed by atoms with van der Waals surface area (Å²) in [4.78, 5) is 26.6. The summed E-state index contributed by atoms with van der Waals surface area (Å²) in [7, 11) is 7.11. The molecule has 0 aliphatic rings. The zero-order chi connectivity index (χ0) is 19.4. The molecule has 0 aliphatic heterocycles. The molecule has 0 fully saturated rings. The van der Waals surface area contributed by atoms with Crippen molar-refractivity contribution in [1.29, 1.82) is 0 Å². The third-order valence-electron chi connectivity index (χ3n) is 3.70. The molecule has 0 saturated heterocycles. The number of aromatic nitrogens is 3. The van der Waals surface area contributed by atoms with E-state index in [2.05, 4.69) is 15.0 Å². The Kier molecular flexibility index (Phi) is 5.72. The lowest BCUT2D eigenvalue weighted by molar-refractivity contribution is -0.384. The SMILES string of the molecule is COc1cc(N(C)CCN(C)C)c([N+](=O)[O-])cc1-c1nc(N)nc(N)n1. The van der Waals surface area contributed by atoms with Gasteiger partial charge >= 0.3 is 0 Å². The molecule has 0 amide bonds. The van der Waals surface area contributed by atoms with Gasteiger partial charge in [0.15, 0.2) is 5.82 Å². The number of rotatable bonds is 7. The van der Waals surface area contributed by atoms with Crippen molar-refractivity contribution < 1.29 is 9.66 Å². The van der Waals surface area contributed by atoms with Gasteiger partial charge in [-0.25, -0.2) is 0 Å². The zero-order valence-corrected chi connectivity index (χ0v) is 15.1. The van der Waals surface area contributed by atoms with Crippen LogP contribution in [0.3, 0.4) is 0 Å². The Bertz CT molecular complexity index is 791. The first-order valence-electron chi connectivity index (χ1n) is 7.72. The minimum atomic E-state index is -0.460. The Labute approximate surface area is 150 Å². The van der Waals surface area contributed by atoms with Gasteiger partial charge in [-0.1, -0.05) is 0 Å². The van der Waals surface area contributed by atoms with Crippen LogP contribution in [0.2, 0.25) is 0 Å². The second kappa shape index (κ2) is 7.78. The highest BCUT2D eigenvalue weighted by Gasteiger charge is 2.24. The first-order valence-corrected chi connectivity index (χ1v) is 7.72. The van der Waals surface area contributed by atoms with Crippen LogP contribution in [0.4, 0.5) is 23.3 Å². The smallest absolute Gasteiger partial charge is 0.293 e. The molecule has 0 bridgehead atoms. The Balaban J connectivity index is 2.58. The fourth-order valence-corrected chi connectivity index (χ4v) is 2.35. The van der Waals surface area contributed by atoms with E-state index >= 15 is 0 Å². The number of anilines is 3. The van der Waals surface area contributed by atoms with Crippen LogP contribution in [-0.4, -0.2) is 66.1 Å². The summed E-state index contributed by atoms with van der Waals surface area (Å²) in [5, 5.41) is 11.6. The Hall–Kier alpha value is -3.21. The average molecular weight is 362 g/mol. The summed E-state index contributed by atoms with van der Waals surface area (Å²) in [6.07, 6.45) is 0. The molecule has 2 rings (SSSR count). The van der Waals surface area contributed by atoms with Crippen molar-refractivity contribution in [3.63, 3.8) is 0 Å². The summed E-state index contributed by atoms with van der Waals surface area (Å²) in [6, 6.07) is 2.94. The number of methoxy groups -OCH3 is 1. The molecule has 140 valence electrons. The fourth-order valence-electron chi connectivity index (χ4n) is 2.35. The molecule has 0 radical (unpaired) electrons. The van der Waals surface area contributed by atoms with E-state index in [0.717, 1.165) is 6.54 Å². The molecule has 0 saturated carbocycles. The molecule has 1 heterocycles. The molecule has 0 spiro atoms. The number of hydrogen-bond donors (Lipinski definition) is 2. The van der Waals surface area contributed by atoms with Crippen molar-refractivity contribution in [2.24, 2.45) is 0 Å². The van der Waals surface area contributed by atoms with Gasteiger partial charge in [0.25, 0.3) is 5.69 Å². The minimum absolute atomic E-state index is 0.0793. The zero-order valence-electron chi connectivity index (χ0n) is 15.1. The third kappa shape index (κ3) is 4.25. The second-order valence-corrected chi connectivity index (χ2v) is 5.90. The summed E-state index contributed by atoms with van der Waals surface area (Å²) >= 11 is 0. The van der Waals surface area contributed by atoms with Crippen molar-refractivity contribution >= 4 is 23.3 Å². The van der Waals surface area contributed by atoms with Gasteiger partial charge in [0, 0.05) is 32.3 Å². The molecule has 4 N–H and O–H groups in total. The number of likely N-dealkylation sites (N-methyl/N-ethyl adjacent to an activating group) is 2. The van der Waals surface area contributed by atoms with E-state index < -0.39 is 4.92 Å². The van der Waals surface area contributed by atoms with Crippen molar-refractivity contribution in [2.75, 3.05) is 57.7 Å². The monoisotopic (exact) mass is 362 g/mol. The molecule has 0 aliphatic carbocycles. The summed E-state index contributed by atoms with van der Waals surface area (Å²) < 4.78 is 5.39. The molecule has 1 aromatic carbocycles. The normalized spacial score (nSPS) is 10.8. The van der Waals surface area contributed by atoms with Gasteiger partial charge in [-0.3, -0.25) is 10.1 Å². The molecule has 0 atom stereocenters. The average Bonchev–Trinajstić information content (AvgIpc) is 2.57. The van der Waals surface area contributed by atoms with Crippen LogP contribution in [0.25, 0.3) is 11.4 Å². The largest absolute Gasteiger partial charge is 0.496 e. The Morgan fingerprint density at radius 2 is 1.73 bits per heavy atom. The van der Waals surface area contributed by atoms with Crippen molar-refractivity contribution in [1.82, 2.24) is 19.9 Å². The van der Waals surface area contributed by atoms with Gasteiger partial charge in [0.05, 0.1) is 17.6 Å². The van der Waals surface area contributed by atoms with Gasteiger partial charge in [0.2, 0.25) is 11.9 Å². The van der Waals surface area contributed by atoms with Crippen LogP contribution in [-0.2, 0) is 0 Å². The molecular weight excluding hydrogens is 340 g/mol. The summed E-state index contributed by atoms with van der Waals surface area (Å²) in [5.41, 5.74) is 11.8. The molecule has 11 nitrogen and oxygen atoms in total. The van der Waals surface area contributed by atoms with Crippen LogP contribution in [0.5, 0.6) is 5.75 Å². The van der Waals surface area contributed by atoms with E-state index in [1.165, 1.54) is 13.2 Å². The number of nitro benzene ring substituents is 1. The van der Waals surface area contributed by atoms with Crippen LogP contribution in [0.1, 0.15) is 0 Å². The highest BCUT2D eigenvalue weighted by atomic mass is 16.6. The second-order valence-electron chi connectivity index (χ2n) is 5.90. The number of nitro groups is 1. The lowest BCUT2D eigenvalue weighted by Crippen LogP contribution is -2.28. The summed E-state index contributed by atoms with van der Waals surface area (Å²) in [6.45, 7) is 1.33. The fraction of sp³-hybridized carbons (Fsp3) is 0.400. The van der Waals surface area contributed by atoms with Crippen LogP contribution in [0, 0.1) is 10.1 Å². The van der Waals surface area contributed by atoms with Crippen LogP contribution < -0.4 is 21.1 Å². The van der Waals surface area contributed by atoms with E-state index in [1.54, 1.807) is 18.0 Å². The van der Waals surface area contributed by atoms with E-state index in [0.29, 0.717) is 23.5 Å². The van der Waals surface area contributed by atoms with E-state index in [1.807, 2.05) is 19.0 Å². The van der Waals surface area contributed by atoms with Gasteiger partial charge in [-0.15, -0.1) is 0 Å². The maximum Gasteiger partial charge on any atom is 0.293 e. The summed E-state index contributed by atoms with van der Waals surface area (Å²) in [5.74, 6) is 0.318. The van der Waals surface area contributed by atoms with E-state index in [4.69, 9.17) is 16.2 Å². The predicted octanol–water partition coefficient (Wildman–Crippen LogP) is 0.618. The molecule has 11 heteroatoms. The molecule has 0 unspecified atom stereocenters. The number of nitrogens with two attached hydrogens (primary N) is 2. The molecular formula is C15H22N8O3. The van der Waals surface area contributed by atoms with E-state index in [-0.39, 0.29) is 23.4 Å². The molecule has 1 aromatic heterocycles. The first-order chi connectivity index (χ1) is 12.2. The van der Waals surface area contributed by atoms with Gasteiger partial charge in [0.1, 0.15) is 11.4 Å². The molecule has 2 aromatic rings. The standard InChI is InChI=1S/C15H22N8O3/c1-21(2)5-6-22(3)10-8-12(26-4)9(7-11(10)23(24)25)13-18-14(16)20-15(17)19-13/h7-8H,5-6H2,1-4H3,(H4,16,17,18,19,20). The highest BCUT2D eigenvalue weighted by Crippen LogP contribution is 2.39. The number of nitrogens with zero attached hydrogens (tertiary/aromatic N) is 6. The number of hydrogen-bond acceptors (Lipinski definition) is 10. The van der Waals surface area contributed by atoms with Crippen molar-refractivity contribution in [2.45, 2.75) is 0 Å². The third-order valence-corrected chi connectivity index (χ3v) is 3.70. The van der Waals surface area contributed by atoms with Gasteiger partial charge in [-0.05, 0) is 14.1 Å². The predicted molar refractivity (Wildman–Crippen MR) is 99.1 cm³/mol. The first kappa shape index (κ1) is 19.1. The Morgan fingerprint density at radius 3 is 2.23 bits per heavy atom. The minimum Gasteiger partial charge on any atom is -0.496 e. The maximum atomic E-state index is 11.6. The van der Waals surface area contributed by atoms with Gasteiger partial charge < -0.3 is 26.0 Å². The van der Waals surface area contributed by atoms with Crippen LogP contribution >= 0.6 is 0 Å². The number of nitrogen functional groups attached to an aromatic ring is 2. The number of ether oxygens (including phenoxy) is 1. The lowest BCUT2D eigenvalue weighted by Gasteiger charge is -2.22. The van der Waals surface area contributed by atoms with E-state index in [9.17, 15) is 10.1 Å². The Morgan fingerprint density at radius 1 is 1.12 bits per heavy atom. The number of benzene rings is 1. The van der Waals surface area contributed by atoms with Crippen molar-refractivity contribution in [3.05, 3.63) is 22.2 Å². The topological polar surface area (TPSA) is 150 Å². The van der Waals surface area contributed by atoms with Gasteiger partial charge in [-0.2, -0.15) is 15.0 Å². The van der Waals surface area contributed by atoms with Crippen molar-refractivity contribution in [3.8, 4) is 17.1 Å². The highest BCUT2D eigenvalue weighted by molar-refractivity contribution is 5.77. The quantitative estimate of drug-likeness (QED) is 0.530. The maximum absolute atomic E-state index is 11.6. The lowest BCUT2D eigenvalue weighted by atomic mass is 10.1.